The van der Waals surface area contributed by atoms with Gasteiger partial charge >= 0.3 is 0 Å². The van der Waals surface area contributed by atoms with Crippen LogP contribution in [0.4, 0.5) is 19.1 Å². The average molecular weight is 452 g/mol. The van der Waals surface area contributed by atoms with Gasteiger partial charge in [0.25, 0.3) is 0 Å². The fraction of sp³-hybridized carbons (Fsp3) is 0.261. The van der Waals surface area contributed by atoms with E-state index in [2.05, 4.69) is 15.2 Å². The maximum atomic E-state index is 14.7. The summed E-state index contributed by atoms with van der Waals surface area (Å²) in [5.41, 5.74) is 5.79. The molecule has 4 heterocycles. The van der Waals surface area contributed by atoms with E-state index in [0.29, 0.717) is 28.8 Å². The number of halogens is 3. The van der Waals surface area contributed by atoms with Crippen LogP contribution in [0.15, 0.2) is 28.7 Å². The molecule has 0 amide bonds. The fourth-order valence-electron chi connectivity index (χ4n) is 4.24. The molecule has 3 N–H and O–H groups in total. The second kappa shape index (κ2) is 7.94. The lowest BCUT2D eigenvalue weighted by molar-refractivity contribution is 0.466. The van der Waals surface area contributed by atoms with E-state index in [-0.39, 0.29) is 28.5 Å². The molecule has 1 fully saturated rings. The van der Waals surface area contributed by atoms with Gasteiger partial charge in [-0.3, -0.25) is 5.10 Å². The molecule has 1 saturated heterocycles. The quantitative estimate of drug-likeness (QED) is 0.446. The SMILES string of the molecule is Cc1n[nH]c2nc(-c3c(F)ccc(F)c3F)c(C#N)c(-c3ccc(N4CCC(N)CC4)o3)c12. The zero-order valence-electron chi connectivity index (χ0n) is 17.6. The van der Waals surface area contributed by atoms with Gasteiger partial charge in [0.2, 0.25) is 0 Å². The van der Waals surface area contributed by atoms with Crippen molar-refractivity contribution in [2.24, 2.45) is 5.73 Å². The number of nitriles is 1. The Morgan fingerprint density at radius 3 is 2.58 bits per heavy atom. The van der Waals surface area contributed by atoms with Gasteiger partial charge in [0, 0.05) is 25.2 Å². The number of benzene rings is 1. The molecule has 1 aliphatic heterocycles. The Labute approximate surface area is 186 Å². The number of anilines is 1. The number of furan rings is 1. The Morgan fingerprint density at radius 1 is 1.12 bits per heavy atom. The highest BCUT2D eigenvalue weighted by Crippen LogP contribution is 2.41. The van der Waals surface area contributed by atoms with E-state index in [1.165, 1.54) is 0 Å². The van der Waals surface area contributed by atoms with Crippen molar-refractivity contribution in [3.8, 4) is 28.7 Å². The number of nitrogens with one attached hydrogen (secondary N) is 1. The third-order valence-electron chi connectivity index (χ3n) is 5.97. The van der Waals surface area contributed by atoms with Crippen LogP contribution < -0.4 is 10.6 Å². The first-order valence-electron chi connectivity index (χ1n) is 10.4. The Bertz CT molecular complexity index is 1410. The second-order valence-electron chi connectivity index (χ2n) is 8.04. The molecule has 0 bridgehead atoms. The smallest absolute Gasteiger partial charge is 0.196 e. The predicted octanol–water partition coefficient (Wildman–Crippen LogP) is 4.41. The van der Waals surface area contributed by atoms with Crippen molar-refractivity contribution in [3.05, 3.63) is 53.0 Å². The summed E-state index contributed by atoms with van der Waals surface area (Å²) in [4.78, 5) is 6.29. The van der Waals surface area contributed by atoms with Crippen molar-refractivity contribution in [3.63, 3.8) is 0 Å². The molecule has 3 aromatic heterocycles. The Morgan fingerprint density at radius 2 is 1.85 bits per heavy atom. The van der Waals surface area contributed by atoms with Crippen LogP contribution in [0, 0.1) is 35.7 Å². The highest BCUT2D eigenvalue weighted by molar-refractivity contribution is 5.99. The third-order valence-corrected chi connectivity index (χ3v) is 5.97. The van der Waals surface area contributed by atoms with Gasteiger partial charge < -0.3 is 15.1 Å². The van der Waals surface area contributed by atoms with Gasteiger partial charge in [-0.05, 0) is 38.0 Å². The summed E-state index contributed by atoms with van der Waals surface area (Å²) in [5.74, 6) is -2.80. The molecular formula is C23H19F3N6O. The number of H-pyrrole nitrogens is 1. The number of hydrogen-bond acceptors (Lipinski definition) is 6. The molecule has 33 heavy (non-hydrogen) atoms. The topological polar surface area (TPSA) is 108 Å². The number of piperidine rings is 1. The number of nitrogens with zero attached hydrogens (tertiary/aromatic N) is 4. The van der Waals surface area contributed by atoms with Crippen LogP contribution in [0.1, 0.15) is 24.1 Å². The summed E-state index contributed by atoms with van der Waals surface area (Å²) in [6, 6.07) is 7.08. The zero-order chi connectivity index (χ0) is 23.3. The van der Waals surface area contributed by atoms with Crippen molar-refractivity contribution in [1.82, 2.24) is 15.2 Å². The Hall–Kier alpha value is -3.84. The summed E-state index contributed by atoms with van der Waals surface area (Å²) in [5, 5.41) is 17.3. The van der Waals surface area contributed by atoms with Crippen LogP contribution in [0.3, 0.4) is 0 Å². The van der Waals surface area contributed by atoms with E-state index in [1.54, 1.807) is 19.1 Å². The van der Waals surface area contributed by atoms with Gasteiger partial charge in [-0.15, -0.1) is 0 Å². The number of hydrogen-bond donors (Lipinski definition) is 2. The van der Waals surface area contributed by atoms with Crippen molar-refractivity contribution in [2.45, 2.75) is 25.8 Å². The Balaban J connectivity index is 1.74. The number of pyridine rings is 1. The van der Waals surface area contributed by atoms with Crippen LogP contribution in [-0.4, -0.2) is 34.3 Å². The Kier molecular flexibility index (Phi) is 5.06. The van der Waals surface area contributed by atoms with Gasteiger partial charge in [-0.1, -0.05) is 0 Å². The lowest BCUT2D eigenvalue weighted by Gasteiger charge is -2.29. The maximum Gasteiger partial charge on any atom is 0.196 e. The lowest BCUT2D eigenvalue weighted by atomic mass is 9.96. The molecule has 0 aliphatic carbocycles. The van der Waals surface area contributed by atoms with E-state index in [4.69, 9.17) is 10.2 Å². The molecular weight excluding hydrogens is 433 g/mol. The minimum atomic E-state index is -1.43. The molecule has 10 heteroatoms. The van der Waals surface area contributed by atoms with E-state index in [1.807, 2.05) is 11.0 Å². The van der Waals surface area contributed by atoms with Crippen molar-refractivity contribution in [1.29, 1.82) is 5.26 Å². The van der Waals surface area contributed by atoms with Crippen molar-refractivity contribution < 1.29 is 17.6 Å². The minimum absolute atomic E-state index is 0.142. The van der Waals surface area contributed by atoms with Crippen LogP contribution in [0.2, 0.25) is 0 Å². The molecule has 5 rings (SSSR count). The van der Waals surface area contributed by atoms with Gasteiger partial charge in [0.05, 0.1) is 33.5 Å². The van der Waals surface area contributed by atoms with Crippen LogP contribution in [0.5, 0.6) is 0 Å². The van der Waals surface area contributed by atoms with Crippen LogP contribution >= 0.6 is 0 Å². The second-order valence-corrected chi connectivity index (χ2v) is 8.04. The highest BCUT2D eigenvalue weighted by atomic mass is 19.2. The number of aryl methyl sites for hydroxylation is 1. The average Bonchev–Trinajstić information content (AvgIpc) is 3.43. The van der Waals surface area contributed by atoms with Crippen LogP contribution in [0.25, 0.3) is 33.6 Å². The van der Waals surface area contributed by atoms with Gasteiger partial charge in [-0.25, -0.2) is 18.2 Å². The first-order chi connectivity index (χ1) is 15.9. The molecule has 0 atom stereocenters. The molecule has 0 unspecified atom stereocenters. The molecule has 0 radical (unpaired) electrons. The molecule has 7 nitrogen and oxygen atoms in total. The first-order valence-corrected chi connectivity index (χ1v) is 10.4. The third kappa shape index (κ3) is 3.41. The van der Waals surface area contributed by atoms with Crippen molar-refractivity contribution >= 4 is 16.9 Å². The van der Waals surface area contributed by atoms with Crippen molar-refractivity contribution in [2.75, 3.05) is 18.0 Å². The molecule has 0 saturated carbocycles. The summed E-state index contributed by atoms with van der Waals surface area (Å²) in [6.45, 7) is 3.16. The molecule has 1 aromatic carbocycles. The monoisotopic (exact) mass is 452 g/mol. The van der Waals surface area contributed by atoms with E-state index in [9.17, 15) is 18.4 Å². The normalized spacial score (nSPS) is 14.7. The minimum Gasteiger partial charge on any atom is -0.440 e. The maximum absolute atomic E-state index is 14.7. The standard InChI is InChI=1S/C23H19F3N6O/c1-11-18-19(16-4-5-17(33-16)32-8-6-12(28)7-9-32)13(10-27)22(29-23(18)31-30-11)20-14(24)2-3-15(25)21(20)26/h2-5,12H,6-9,28H2,1H3,(H,29,30,31). The fourth-order valence-corrected chi connectivity index (χ4v) is 4.24. The first kappa shape index (κ1) is 21.0. The van der Waals surface area contributed by atoms with E-state index < -0.39 is 23.0 Å². The van der Waals surface area contributed by atoms with E-state index in [0.717, 1.165) is 32.0 Å². The number of aromatic amines is 1. The highest BCUT2D eigenvalue weighted by Gasteiger charge is 2.28. The summed E-state index contributed by atoms with van der Waals surface area (Å²) < 4.78 is 49.3. The molecule has 168 valence electrons. The molecule has 4 aromatic rings. The van der Waals surface area contributed by atoms with Gasteiger partial charge in [0.1, 0.15) is 17.6 Å². The number of rotatable bonds is 3. The number of fused-ring (bicyclic) bond motifs is 1. The van der Waals surface area contributed by atoms with Crippen LogP contribution in [-0.2, 0) is 0 Å². The summed E-state index contributed by atoms with van der Waals surface area (Å²) >= 11 is 0. The molecule has 1 aliphatic rings. The van der Waals surface area contributed by atoms with Gasteiger partial charge in [0.15, 0.2) is 23.2 Å². The largest absolute Gasteiger partial charge is 0.440 e. The van der Waals surface area contributed by atoms with E-state index >= 15 is 0 Å². The van der Waals surface area contributed by atoms with Gasteiger partial charge in [-0.2, -0.15) is 10.4 Å². The number of nitrogens with two attached hydrogens (primary N) is 1. The lowest BCUT2D eigenvalue weighted by Crippen LogP contribution is -2.39. The zero-order valence-corrected chi connectivity index (χ0v) is 17.6. The predicted molar refractivity (Wildman–Crippen MR) is 116 cm³/mol. The molecule has 0 spiro atoms. The summed E-state index contributed by atoms with van der Waals surface area (Å²) in [6.07, 6.45) is 1.64. The summed E-state index contributed by atoms with van der Waals surface area (Å²) in [7, 11) is 0. The number of aromatic nitrogens is 3.